The summed E-state index contributed by atoms with van der Waals surface area (Å²) >= 11 is 0. The summed E-state index contributed by atoms with van der Waals surface area (Å²) in [6.45, 7) is 25.5. The molecular formula is C41H42CuN6. The second-order valence-corrected chi connectivity index (χ2v) is 10.2. The van der Waals surface area contributed by atoms with E-state index in [0.717, 1.165) is 65.9 Å². The van der Waals surface area contributed by atoms with E-state index < -0.39 is 0 Å². The summed E-state index contributed by atoms with van der Waals surface area (Å²) in [6.07, 6.45) is 5.81. The standard InChI is InChI=1S/C27H22N5.C10H8N.2C2H6.Cu/c1-5-11-20-18(6-2)16(3)28-24(20)30-26-22-14-9-10-15-23(22)27(32-26)31-25-21-13-8-7-12-19(21)17(4)29-25;1-7-9-5-3-4-6-10(9)8(2)11-7;2*1-2;/h5-15H,2H2,1,3-4H3;3-6H,1-2H2;2*1-2H3;/q2*-1;;;+2/b11-5-,30-24-,31-25-;;;;. The van der Waals surface area contributed by atoms with Gasteiger partial charge in [0.2, 0.25) is 0 Å². The molecule has 0 atom stereocenters. The number of nitrogens with zero attached hydrogens (tertiary/aromatic N) is 6. The number of hydrogen-bond donors (Lipinski definition) is 0. The molecule has 7 heteroatoms. The van der Waals surface area contributed by atoms with E-state index in [1.165, 1.54) is 0 Å². The molecule has 0 saturated carbocycles. The molecule has 247 valence electrons. The monoisotopic (exact) mass is 681 g/mol. The minimum atomic E-state index is 0. The predicted octanol–water partition coefficient (Wildman–Crippen LogP) is 8.93. The average Bonchev–Trinajstić information content (AvgIpc) is 3.81. The Kier molecular flexibility index (Phi) is 13.4. The summed E-state index contributed by atoms with van der Waals surface area (Å²) in [5.74, 6) is 2.53. The predicted molar refractivity (Wildman–Crippen MR) is 205 cm³/mol. The first kappa shape index (κ1) is 37.4. The van der Waals surface area contributed by atoms with Crippen LogP contribution in [0.5, 0.6) is 0 Å². The molecule has 0 spiro atoms. The fourth-order valence-corrected chi connectivity index (χ4v) is 5.36. The first-order chi connectivity index (χ1) is 22.9. The SMILES string of the molecule is C=CC1=C(/C=C\C)/C(=N/c2[n-]c(/N=C3\N=C(C)c4ccccc43)c3ccccc23)N=C1C.C=c1[n-]c(=C)c2ccccc12.CC.CC.[Cu+2]. The van der Waals surface area contributed by atoms with Gasteiger partial charge in [-0.25, -0.2) is 9.98 Å². The maximum Gasteiger partial charge on any atom is 2.00 e. The summed E-state index contributed by atoms with van der Waals surface area (Å²) in [5, 5.41) is 5.74. The van der Waals surface area contributed by atoms with Crippen molar-refractivity contribution in [3.63, 3.8) is 0 Å². The van der Waals surface area contributed by atoms with Gasteiger partial charge in [0.25, 0.3) is 0 Å². The second-order valence-electron chi connectivity index (χ2n) is 10.2. The van der Waals surface area contributed by atoms with Gasteiger partial charge in [-0.1, -0.05) is 125 Å². The Morgan fingerprint density at radius 1 is 0.604 bits per heavy atom. The minimum Gasteiger partial charge on any atom is -0.658 e. The van der Waals surface area contributed by atoms with Crippen LogP contribution in [0.15, 0.2) is 129 Å². The Morgan fingerprint density at radius 3 is 1.58 bits per heavy atom. The Morgan fingerprint density at radius 2 is 1.06 bits per heavy atom. The summed E-state index contributed by atoms with van der Waals surface area (Å²) in [7, 11) is 0. The van der Waals surface area contributed by atoms with E-state index in [1.54, 1.807) is 0 Å². The molecule has 48 heavy (non-hydrogen) atoms. The Hall–Kier alpha value is -5.10. The molecule has 0 amide bonds. The van der Waals surface area contributed by atoms with Gasteiger partial charge < -0.3 is 20.0 Å². The van der Waals surface area contributed by atoms with Crippen molar-refractivity contribution in [1.29, 1.82) is 0 Å². The summed E-state index contributed by atoms with van der Waals surface area (Å²) in [4.78, 5) is 28.0. The molecule has 0 unspecified atom stereocenters. The van der Waals surface area contributed by atoms with Crippen LogP contribution < -0.4 is 20.7 Å². The van der Waals surface area contributed by atoms with Gasteiger partial charge in [-0.05, 0) is 42.3 Å². The fourth-order valence-electron chi connectivity index (χ4n) is 5.36. The first-order valence-electron chi connectivity index (χ1n) is 16.0. The summed E-state index contributed by atoms with van der Waals surface area (Å²) in [6, 6.07) is 24.1. The maximum absolute atomic E-state index is 4.85. The van der Waals surface area contributed by atoms with Crippen LogP contribution in [0.25, 0.3) is 34.7 Å². The summed E-state index contributed by atoms with van der Waals surface area (Å²) in [5.41, 5.74) is 5.93. The van der Waals surface area contributed by atoms with Crippen LogP contribution in [0.1, 0.15) is 59.6 Å². The molecule has 0 aliphatic carbocycles. The van der Waals surface area contributed by atoms with Gasteiger partial charge in [-0.3, -0.25) is 0 Å². The molecule has 0 bridgehead atoms. The Labute approximate surface area is 294 Å². The summed E-state index contributed by atoms with van der Waals surface area (Å²) < 4.78 is 0. The van der Waals surface area contributed by atoms with E-state index in [1.807, 2.05) is 133 Å². The molecule has 2 aromatic heterocycles. The number of rotatable bonds is 4. The smallest absolute Gasteiger partial charge is 0.658 e. The van der Waals surface area contributed by atoms with Gasteiger partial charge in [0.15, 0.2) is 0 Å². The number of benzene rings is 3. The van der Waals surface area contributed by atoms with Crippen LogP contribution in [0.3, 0.4) is 0 Å². The third-order valence-electron chi connectivity index (χ3n) is 7.43. The molecule has 2 aliphatic heterocycles. The van der Waals surface area contributed by atoms with Gasteiger partial charge in [0, 0.05) is 45.3 Å². The van der Waals surface area contributed by atoms with Crippen LogP contribution in [0.2, 0.25) is 0 Å². The molecule has 0 N–H and O–H groups in total. The third-order valence-corrected chi connectivity index (χ3v) is 7.43. The number of allylic oxidation sites excluding steroid dienone is 3. The van der Waals surface area contributed by atoms with E-state index in [9.17, 15) is 0 Å². The molecular weight excluding hydrogens is 640 g/mol. The van der Waals surface area contributed by atoms with Crippen LogP contribution in [-0.2, 0) is 17.1 Å². The van der Waals surface area contributed by atoms with Crippen molar-refractivity contribution in [2.24, 2.45) is 20.0 Å². The van der Waals surface area contributed by atoms with Crippen LogP contribution in [0.4, 0.5) is 11.6 Å². The molecule has 0 saturated heterocycles. The van der Waals surface area contributed by atoms with E-state index >= 15 is 0 Å². The van der Waals surface area contributed by atoms with Crippen molar-refractivity contribution in [3.8, 4) is 0 Å². The number of amidine groups is 2. The van der Waals surface area contributed by atoms with Crippen molar-refractivity contribution in [2.75, 3.05) is 0 Å². The van der Waals surface area contributed by atoms with Crippen molar-refractivity contribution in [3.05, 3.63) is 131 Å². The Bertz CT molecular complexity index is 2180. The molecule has 0 fully saturated rings. The van der Waals surface area contributed by atoms with Crippen LogP contribution in [-0.4, -0.2) is 23.1 Å². The van der Waals surface area contributed by atoms with Crippen LogP contribution >= 0.6 is 0 Å². The third kappa shape index (κ3) is 7.54. The van der Waals surface area contributed by atoms with E-state index in [-0.39, 0.29) is 17.1 Å². The van der Waals surface area contributed by atoms with E-state index in [0.29, 0.717) is 23.3 Å². The van der Waals surface area contributed by atoms with Crippen LogP contribution in [0, 0.1) is 0 Å². The molecule has 4 heterocycles. The fraction of sp³-hybridized carbons (Fsp3) is 0.171. The van der Waals surface area contributed by atoms with Gasteiger partial charge in [-0.15, -0.1) is 23.9 Å². The van der Waals surface area contributed by atoms with Gasteiger partial charge in [-0.2, -0.15) is 0 Å². The zero-order chi connectivity index (χ0) is 34.1. The first-order valence-corrected chi connectivity index (χ1v) is 16.0. The zero-order valence-electron chi connectivity index (χ0n) is 28.8. The number of hydrogen-bond acceptors (Lipinski definition) is 2. The van der Waals surface area contributed by atoms with Crippen molar-refractivity contribution in [1.82, 2.24) is 9.97 Å². The Balaban J connectivity index is 0.000000327. The van der Waals surface area contributed by atoms with Crippen molar-refractivity contribution >= 4 is 69.4 Å². The number of fused-ring (bicyclic) bond motifs is 3. The molecule has 2 aliphatic rings. The maximum atomic E-state index is 4.85. The minimum absolute atomic E-state index is 0. The molecule has 7 rings (SSSR count). The topological polar surface area (TPSA) is 77.6 Å². The second kappa shape index (κ2) is 17.2. The number of aromatic nitrogens is 2. The average molecular weight is 682 g/mol. The molecule has 3 aromatic carbocycles. The number of aliphatic imine (C=N–C) groups is 4. The molecule has 5 aromatic rings. The molecule has 1 radical (unpaired) electrons. The van der Waals surface area contributed by atoms with Gasteiger partial charge in [0.1, 0.15) is 0 Å². The molecule has 6 nitrogen and oxygen atoms in total. The quantitative estimate of drug-likeness (QED) is 0.178. The van der Waals surface area contributed by atoms with E-state index in [4.69, 9.17) is 15.0 Å². The van der Waals surface area contributed by atoms with Crippen molar-refractivity contribution < 1.29 is 17.1 Å². The van der Waals surface area contributed by atoms with Gasteiger partial charge >= 0.3 is 17.1 Å². The van der Waals surface area contributed by atoms with Gasteiger partial charge in [0.05, 0.1) is 11.7 Å². The largest absolute Gasteiger partial charge is 2.00 e. The zero-order valence-corrected chi connectivity index (χ0v) is 29.7. The van der Waals surface area contributed by atoms with Crippen molar-refractivity contribution in [2.45, 2.75) is 48.5 Å². The normalized spacial score (nSPS) is 14.8. The van der Waals surface area contributed by atoms with E-state index in [2.05, 4.69) is 40.8 Å².